The summed E-state index contributed by atoms with van der Waals surface area (Å²) in [6, 6.07) is 8.95. The first kappa shape index (κ1) is 19.5. The van der Waals surface area contributed by atoms with Crippen molar-refractivity contribution in [2.45, 2.75) is 45.2 Å². The van der Waals surface area contributed by atoms with E-state index in [1.54, 1.807) is 4.68 Å². The lowest BCUT2D eigenvalue weighted by atomic mass is 10.0. The van der Waals surface area contributed by atoms with Gasteiger partial charge in [0.2, 0.25) is 0 Å². The molecular formula is C19H26N4O3. The van der Waals surface area contributed by atoms with E-state index < -0.39 is 5.97 Å². The molecule has 26 heavy (non-hydrogen) atoms. The fraction of sp³-hybridized carbons (Fsp3) is 0.421. The molecule has 0 spiro atoms. The summed E-state index contributed by atoms with van der Waals surface area (Å²) < 4.78 is 1.71. The number of hydrogen-bond donors (Lipinski definition) is 3. The minimum atomic E-state index is -0.871. The highest BCUT2D eigenvalue weighted by molar-refractivity contribution is 5.75. The second kappa shape index (κ2) is 9.03. The Hall–Kier alpha value is -2.83. The van der Waals surface area contributed by atoms with Crippen molar-refractivity contribution in [3.05, 3.63) is 53.3 Å². The molecule has 0 aliphatic heterocycles. The lowest BCUT2D eigenvalue weighted by molar-refractivity contribution is -0.137. The minimum absolute atomic E-state index is 0.00898. The van der Waals surface area contributed by atoms with Crippen LogP contribution in [0.25, 0.3) is 0 Å². The van der Waals surface area contributed by atoms with Gasteiger partial charge in [-0.15, -0.1) is 0 Å². The predicted molar refractivity (Wildman–Crippen MR) is 98.8 cm³/mol. The summed E-state index contributed by atoms with van der Waals surface area (Å²) in [5.74, 6) is -0.871. The van der Waals surface area contributed by atoms with E-state index in [1.807, 2.05) is 57.4 Å². The number of amides is 2. The standard InChI is InChI=1S/C19H26N4O3/c1-13(17-12-23(3)22-14(17)2)20-19(26)21-16(9-10-18(24)25)11-15-7-5-4-6-8-15/h4-8,12-13,16H,9-11H2,1-3H3,(H,24,25)(H2,20,21,26). The van der Waals surface area contributed by atoms with Gasteiger partial charge in [0.25, 0.3) is 0 Å². The van der Waals surface area contributed by atoms with Crippen molar-refractivity contribution >= 4 is 12.0 Å². The van der Waals surface area contributed by atoms with Crippen molar-refractivity contribution < 1.29 is 14.7 Å². The number of urea groups is 1. The Labute approximate surface area is 153 Å². The van der Waals surface area contributed by atoms with Crippen LogP contribution in [-0.4, -0.2) is 32.9 Å². The molecule has 0 fully saturated rings. The normalized spacial score (nSPS) is 13.0. The van der Waals surface area contributed by atoms with Crippen LogP contribution in [-0.2, 0) is 18.3 Å². The summed E-state index contributed by atoms with van der Waals surface area (Å²) in [7, 11) is 1.84. The third-order valence-electron chi connectivity index (χ3n) is 4.23. The zero-order valence-corrected chi connectivity index (χ0v) is 15.4. The number of carbonyl (C=O) groups is 2. The van der Waals surface area contributed by atoms with Crippen LogP contribution in [0, 0.1) is 6.92 Å². The molecule has 0 bridgehead atoms. The average molecular weight is 358 g/mol. The molecule has 0 radical (unpaired) electrons. The molecule has 7 nitrogen and oxygen atoms in total. The Balaban J connectivity index is 1.98. The van der Waals surface area contributed by atoms with E-state index in [2.05, 4.69) is 15.7 Å². The van der Waals surface area contributed by atoms with Crippen LogP contribution in [0.1, 0.15) is 42.6 Å². The van der Waals surface area contributed by atoms with Crippen molar-refractivity contribution in [1.29, 1.82) is 0 Å². The molecule has 140 valence electrons. The largest absolute Gasteiger partial charge is 0.481 e. The van der Waals surface area contributed by atoms with Crippen LogP contribution >= 0.6 is 0 Å². The maximum Gasteiger partial charge on any atom is 0.315 e. The highest BCUT2D eigenvalue weighted by Gasteiger charge is 2.18. The first-order valence-corrected chi connectivity index (χ1v) is 8.68. The number of aromatic nitrogens is 2. The minimum Gasteiger partial charge on any atom is -0.481 e. The number of benzene rings is 1. The van der Waals surface area contributed by atoms with Crippen LogP contribution in [0.15, 0.2) is 36.5 Å². The number of carbonyl (C=O) groups excluding carboxylic acids is 1. The van der Waals surface area contributed by atoms with Gasteiger partial charge in [0, 0.05) is 31.3 Å². The second-order valence-electron chi connectivity index (χ2n) is 6.50. The van der Waals surface area contributed by atoms with E-state index in [4.69, 9.17) is 5.11 Å². The van der Waals surface area contributed by atoms with Gasteiger partial charge < -0.3 is 15.7 Å². The molecule has 0 aliphatic rings. The molecule has 1 aromatic carbocycles. The van der Waals surface area contributed by atoms with Gasteiger partial charge >= 0.3 is 12.0 Å². The summed E-state index contributed by atoms with van der Waals surface area (Å²) in [6.07, 6.45) is 2.85. The van der Waals surface area contributed by atoms with E-state index in [0.29, 0.717) is 12.8 Å². The third-order valence-corrected chi connectivity index (χ3v) is 4.23. The van der Waals surface area contributed by atoms with Crippen molar-refractivity contribution in [1.82, 2.24) is 20.4 Å². The van der Waals surface area contributed by atoms with Gasteiger partial charge in [0.15, 0.2) is 0 Å². The first-order chi connectivity index (χ1) is 12.3. The number of nitrogens with zero attached hydrogens (tertiary/aromatic N) is 2. The Bertz CT molecular complexity index is 742. The van der Waals surface area contributed by atoms with Crippen LogP contribution in [0.3, 0.4) is 0 Å². The zero-order chi connectivity index (χ0) is 19.1. The molecule has 0 saturated heterocycles. The average Bonchev–Trinajstić information content (AvgIpc) is 2.92. The molecule has 3 N–H and O–H groups in total. The molecule has 7 heteroatoms. The maximum absolute atomic E-state index is 12.4. The van der Waals surface area contributed by atoms with Crippen molar-refractivity contribution in [2.75, 3.05) is 0 Å². The fourth-order valence-corrected chi connectivity index (χ4v) is 2.97. The lowest BCUT2D eigenvalue weighted by Crippen LogP contribution is -2.44. The quantitative estimate of drug-likeness (QED) is 0.676. The number of rotatable bonds is 8. The Morgan fingerprint density at radius 3 is 2.50 bits per heavy atom. The maximum atomic E-state index is 12.4. The Kier molecular flexibility index (Phi) is 6.77. The number of aryl methyl sites for hydroxylation is 2. The topological polar surface area (TPSA) is 96.3 Å². The Morgan fingerprint density at radius 1 is 1.23 bits per heavy atom. The van der Waals surface area contributed by atoms with Crippen molar-refractivity contribution in [2.24, 2.45) is 7.05 Å². The fourth-order valence-electron chi connectivity index (χ4n) is 2.97. The molecule has 1 heterocycles. The van der Waals surface area contributed by atoms with Gasteiger partial charge in [-0.1, -0.05) is 30.3 Å². The predicted octanol–water partition coefficient (Wildman–Crippen LogP) is 2.56. The van der Waals surface area contributed by atoms with E-state index in [0.717, 1.165) is 16.8 Å². The van der Waals surface area contributed by atoms with E-state index in [1.165, 1.54) is 0 Å². The summed E-state index contributed by atoms with van der Waals surface area (Å²) in [6.45, 7) is 3.80. The van der Waals surface area contributed by atoms with Crippen LogP contribution in [0.2, 0.25) is 0 Å². The van der Waals surface area contributed by atoms with Gasteiger partial charge in [-0.25, -0.2) is 4.79 Å². The van der Waals surface area contributed by atoms with Crippen molar-refractivity contribution in [3.8, 4) is 0 Å². The molecule has 2 aromatic rings. The summed E-state index contributed by atoms with van der Waals surface area (Å²) in [4.78, 5) is 23.3. The van der Waals surface area contributed by atoms with E-state index >= 15 is 0 Å². The zero-order valence-electron chi connectivity index (χ0n) is 15.4. The number of hydrogen-bond acceptors (Lipinski definition) is 3. The summed E-state index contributed by atoms with van der Waals surface area (Å²) >= 11 is 0. The smallest absolute Gasteiger partial charge is 0.315 e. The third kappa shape index (κ3) is 5.91. The second-order valence-corrected chi connectivity index (χ2v) is 6.50. The summed E-state index contributed by atoms with van der Waals surface area (Å²) in [5, 5.41) is 19.0. The molecule has 2 atom stereocenters. The van der Waals surface area contributed by atoms with Crippen LogP contribution < -0.4 is 10.6 Å². The SMILES string of the molecule is Cc1nn(C)cc1C(C)NC(=O)NC(CCC(=O)O)Cc1ccccc1. The lowest BCUT2D eigenvalue weighted by Gasteiger charge is -2.21. The van der Waals surface area contributed by atoms with Gasteiger partial charge in [-0.2, -0.15) is 5.10 Å². The molecule has 2 amide bonds. The van der Waals surface area contributed by atoms with E-state index in [9.17, 15) is 9.59 Å². The van der Waals surface area contributed by atoms with E-state index in [-0.39, 0.29) is 24.5 Å². The number of aliphatic carboxylic acids is 1. The van der Waals surface area contributed by atoms with Gasteiger partial charge in [0.05, 0.1) is 11.7 Å². The first-order valence-electron chi connectivity index (χ1n) is 8.68. The molecule has 0 aliphatic carbocycles. The highest BCUT2D eigenvalue weighted by Crippen LogP contribution is 2.15. The number of carboxylic acid groups (broad SMARTS) is 1. The molecule has 0 saturated carbocycles. The van der Waals surface area contributed by atoms with Crippen molar-refractivity contribution in [3.63, 3.8) is 0 Å². The Morgan fingerprint density at radius 2 is 1.92 bits per heavy atom. The molecule has 2 rings (SSSR count). The summed E-state index contributed by atoms with van der Waals surface area (Å²) in [5.41, 5.74) is 2.87. The van der Waals surface area contributed by atoms with Crippen LogP contribution in [0.4, 0.5) is 4.79 Å². The van der Waals surface area contributed by atoms with Crippen LogP contribution in [0.5, 0.6) is 0 Å². The van der Waals surface area contributed by atoms with Gasteiger partial charge in [0.1, 0.15) is 0 Å². The highest BCUT2D eigenvalue weighted by atomic mass is 16.4. The monoisotopic (exact) mass is 358 g/mol. The number of nitrogens with one attached hydrogen (secondary N) is 2. The molecular weight excluding hydrogens is 332 g/mol. The van der Waals surface area contributed by atoms with Gasteiger partial charge in [-0.3, -0.25) is 9.48 Å². The van der Waals surface area contributed by atoms with Gasteiger partial charge in [-0.05, 0) is 32.3 Å². The molecule has 2 unspecified atom stereocenters. The number of carboxylic acids is 1. The molecule has 1 aromatic heterocycles.